The normalized spacial score (nSPS) is 50.3. The fraction of sp³-hybridized carbons (Fsp3) is 0.875. The van der Waals surface area contributed by atoms with Gasteiger partial charge < -0.3 is 4.74 Å². The summed E-state index contributed by atoms with van der Waals surface area (Å²) in [7, 11) is 0. The Labute approximate surface area is 169 Å². The van der Waals surface area contributed by atoms with Crippen molar-refractivity contribution in [1.29, 1.82) is 0 Å². The predicted octanol–water partition coefficient (Wildman–Crippen LogP) is 4.59. The molecule has 0 aromatic carbocycles. The van der Waals surface area contributed by atoms with Gasteiger partial charge in [0.25, 0.3) is 0 Å². The fourth-order valence-corrected chi connectivity index (χ4v) is 8.61. The van der Waals surface area contributed by atoms with E-state index in [9.17, 15) is 14.4 Å². The van der Waals surface area contributed by atoms with Crippen molar-refractivity contribution in [3.63, 3.8) is 0 Å². The zero-order valence-corrected chi connectivity index (χ0v) is 18.1. The Morgan fingerprint density at radius 1 is 1.04 bits per heavy atom. The van der Waals surface area contributed by atoms with Gasteiger partial charge in [-0.1, -0.05) is 20.8 Å². The average Bonchev–Trinajstić information content (AvgIpc) is 2.84. The van der Waals surface area contributed by atoms with Crippen molar-refractivity contribution in [2.75, 3.05) is 0 Å². The van der Waals surface area contributed by atoms with Gasteiger partial charge in [-0.05, 0) is 80.0 Å². The van der Waals surface area contributed by atoms with Crippen LogP contribution in [0.2, 0.25) is 0 Å². The van der Waals surface area contributed by atoms with Crippen LogP contribution in [0, 0.1) is 46.3 Å². The highest BCUT2D eigenvalue weighted by molar-refractivity contribution is 5.87. The molecule has 0 aromatic rings. The Morgan fingerprint density at radius 2 is 1.75 bits per heavy atom. The monoisotopic (exact) mass is 388 g/mol. The third kappa shape index (κ3) is 2.81. The summed E-state index contributed by atoms with van der Waals surface area (Å²) in [6.45, 7) is 9.99. The maximum Gasteiger partial charge on any atom is 0.302 e. The predicted molar refractivity (Wildman–Crippen MR) is 106 cm³/mol. The van der Waals surface area contributed by atoms with E-state index in [1.165, 1.54) is 6.92 Å². The van der Waals surface area contributed by atoms with Crippen LogP contribution in [-0.4, -0.2) is 23.6 Å². The van der Waals surface area contributed by atoms with Crippen LogP contribution in [-0.2, 0) is 19.1 Å². The lowest BCUT2D eigenvalue weighted by Crippen LogP contribution is -2.58. The highest BCUT2D eigenvalue weighted by Gasteiger charge is 2.65. The number of hydrogen-bond acceptors (Lipinski definition) is 4. The minimum atomic E-state index is -0.193. The van der Waals surface area contributed by atoms with Gasteiger partial charge in [-0.15, -0.1) is 0 Å². The van der Waals surface area contributed by atoms with Gasteiger partial charge in [0.15, 0.2) is 0 Å². The molecule has 9 atom stereocenters. The van der Waals surface area contributed by atoms with Crippen LogP contribution in [0.25, 0.3) is 0 Å². The number of esters is 1. The third-order valence-electron chi connectivity index (χ3n) is 9.41. The van der Waals surface area contributed by atoms with Crippen molar-refractivity contribution in [3.8, 4) is 0 Å². The van der Waals surface area contributed by atoms with E-state index < -0.39 is 0 Å². The molecule has 0 spiro atoms. The minimum Gasteiger partial charge on any atom is -0.463 e. The number of carbonyl (C=O) groups is 3. The summed E-state index contributed by atoms with van der Waals surface area (Å²) in [5.41, 5.74) is -0.128. The fourth-order valence-electron chi connectivity index (χ4n) is 8.61. The van der Waals surface area contributed by atoms with Gasteiger partial charge in [-0.25, -0.2) is 0 Å². The maximum atomic E-state index is 13.6. The Balaban J connectivity index is 1.62. The number of rotatable bonds is 2. The van der Waals surface area contributed by atoms with E-state index >= 15 is 0 Å². The van der Waals surface area contributed by atoms with Crippen LogP contribution in [0.3, 0.4) is 0 Å². The maximum absolute atomic E-state index is 13.6. The van der Waals surface area contributed by atoms with Gasteiger partial charge in [0.2, 0.25) is 0 Å². The quantitative estimate of drug-likeness (QED) is 0.649. The Hall–Kier alpha value is -1.19. The molecular formula is C24H36O4. The standard InChI is InChI=1S/C24H36O4/c1-13-10-19-18-7-6-16-11-17(28-15(3)26)8-9-23(16,4)22(18)20(27)12-24(19,5)21(13)14(2)25/h13,16-19,21-22H,6-12H2,1-5H3/t13-,16+,17+,18-,19-,21+,22+,23-,24-/m0/s1. The minimum absolute atomic E-state index is 0.0182. The molecule has 0 saturated heterocycles. The second-order valence-electron chi connectivity index (χ2n) is 11.0. The number of carbonyl (C=O) groups excluding carboxylic acids is 3. The molecule has 0 unspecified atom stereocenters. The summed E-state index contributed by atoms with van der Waals surface area (Å²) >= 11 is 0. The van der Waals surface area contributed by atoms with Crippen molar-refractivity contribution >= 4 is 17.5 Å². The molecule has 0 radical (unpaired) electrons. The van der Waals surface area contributed by atoms with E-state index in [0.717, 1.165) is 38.5 Å². The highest BCUT2D eigenvalue weighted by Crippen LogP contribution is 2.67. The van der Waals surface area contributed by atoms with Gasteiger partial charge in [-0.2, -0.15) is 0 Å². The summed E-state index contributed by atoms with van der Waals surface area (Å²) < 4.78 is 5.53. The molecule has 4 heteroatoms. The van der Waals surface area contributed by atoms with Gasteiger partial charge in [0, 0.05) is 25.2 Å². The van der Waals surface area contributed by atoms with Crippen molar-refractivity contribution in [1.82, 2.24) is 0 Å². The van der Waals surface area contributed by atoms with Gasteiger partial charge in [0.1, 0.15) is 17.7 Å². The highest BCUT2D eigenvalue weighted by atomic mass is 16.5. The van der Waals surface area contributed by atoms with Crippen molar-refractivity contribution < 1.29 is 19.1 Å². The van der Waals surface area contributed by atoms with E-state index in [2.05, 4.69) is 20.8 Å². The molecule has 4 aliphatic rings. The largest absolute Gasteiger partial charge is 0.463 e. The van der Waals surface area contributed by atoms with Crippen molar-refractivity contribution in [2.45, 2.75) is 85.7 Å². The van der Waals surface area contributed by atoms with Gasteiger partial charge in [-0.3, -0.25) is 14.4 Å². The summed E-state index contributed by atoms with van der Waals surface area (Å²) in [5.74, 6) is 2.39. The molecule has 0 aromatic heterocycles. The van der Waals surface area contributed by atoms with Crippen molar-refractivity contribution in [2.24, 2.45) is 46.3 Å². The number of hydrogen-bond donors (Lipinski definition) is 0. The van der Waals surface area contributed by atoms with Crippen LogP contribution >= 0.6 is 0 Å². The lowest BCUT2D eigenvalue weighted by Gasteiger charge is -2.59. The van der Waals surface area contributed by atoms with Gasteiger partial charge in [0.05, 0.1) is 0 Å². The lowest BCUT2D eigenvalue weighted by molar-refractivity contribution is -0.169. The van der Waals surface area contributed by atoms with E-state index in [1.54, 1.807) is 6.92 Å². The summed E-state index contributed by atoms with van der Waals surface area (Å²) in [6.07, 6.45) is 6.63. The number of fused-ring (bicyclic) bond motifs is 5. The lowest BCUT2D eigenvalue weighted by atomic mass is 9.44. The summed E-state index contributed by atoms with van der Waals surface area (Å²) in [6, 6.07) is 0. The first-order chi connectivity index (χ1) is 13.1. The van der Waals surface area contributed by atoms with E-state index in [1.807, 2.05) is 0 Å². The van der Waals surface area contributed by atoms with E-state index in [4.69, 9.17) is 4.74 Å². The molecule has 4 rings (SSSR count). The van der Waals surface area contributed by atoms with Crippen LogP contribution in [0.1, 0.15) is 79.6 Å². The van der Waals surface area contributed by atoms with Crippen LogP contribution in [0.15, 0.2) is 0 Å². The molecule has 4 saturated carbocycles. The SMILES string of the molecule is CC(=O)O[C@@H]1CC[C@@]2(C)[C@H](CC[C@H]3[C@@H]4C[C@H](C)[C@H](C(C)=O)[C@@]4(C)CC(=O)[C@@H]32)C1. The molecule has 156 valence electrons. The molecule has 28 heavy (non-hydrogen) atoms. The average molecular weight is 389 g/mol. The first-order valence-electron chi connectivity index (χ1n) is 11.3. The van der Waals surface area contributed by atoms with Crippen molar-refractivity contribution in [3.05, 3.63) is 0 Å². The second kappa shape index (κ2) is 6.67. The van der Waals surface area contributed by atoms with Gasteiger partial charge >= 0.3 is 5.97 Å². The molecule has 0 bridgehead atoms. The third-order valence-corrected chi connectivity index (χ3v) is 9.41. The Bertz CT molecular complexity index is 699. The molecule has 4 aliphatic carbocycles. The molecule has 0 N–H and O–H groups in total. The smallest absolute Gasteiger partial charge is 0.302 e. The first kappa shape index (κ1) is 20.1. The number of Topliss-reactive ketones (excluding diaryl/α,β-unsaturated/α-hetero) is 2. The Morgan fingerprint density at radius 3 is 2.39 bits per heavy atom. The zero-order chi connectivity index (χ0) is 20.4. The summed E-state index contributed by atoms with van der Waals surface area (Å²) in [5, 5.41) is 0. The first-order valence-corrected chi connectivity index (χ1v) is 11.3. The summed E-state index contributed by atoms with van der Waals surface area (Å²) in [4.78, 5) is 37.4. The Kier molecular flexibility index (Phi) is 4.79. The molecule has 0 aliphatic heterocycles. The van der Waals surface area contributed by atoms with Crippen LogP contribution in [0.5, 0.6) is 0 Å². The molecule has 0 amide bonds. The van der Waals surface area contributed by atoms with Crippen LogP contribution < -0.4 is 0 Å². The second-order valence-corrected chi connectivity index (χ2v) is 11.0. The van der Waals surface area contributed by atoms with E-state index in [-0.39, 0.29) is 40.5 Å². The molecule has 4 fully saturated rings. The number of ether oxygens (including phenoxy) is 1. The van der Waals surface area contributed by atoms with E-state index in [0.29, 0.717) is 35.9 Å². The molecule has 0 heterocycles. The molecule has 4 nitrogen and oxygen atoms in total. The molecular weight excluding hydrogens is 352 g/mol. The topological polar surface area (TPSA) is 60.4 Å². The zero-order valence-electron chi connectivity index (χ0n) is 18.1. The number of ketones is 2. The van der Waals surface area contributed by atoms with Crippen LogP contribution in [0.4, 0.5) is 0 Å².